The van der Waals surface area contributed by atoms with Gasteiger partial charge in [-0.3, -0.25) is 9.69 Å². The third kappa shape index (κ3) is 5.14. The standard InChI is InChI=1S/C25H28N2OS/c28-25(22-12-10-21(11-13-22)20-8-4-3-5-9-20)26-18-24(23-14-17-29-19-23)27-15-6-1-2-7-16-27/h3-5,8-14,17,19,24H,1-2,6-7,15-16,18H2,(H,26,28). The van der Waals surface area contributed by atoms with Gasteiger partial charge in [0.25, 0.3) is 5.91 Å². The molecule has 1 unspecified atom stereocenters. The summed E-state index contributed by atoms with van der Waals surface area (Å²) < 4.78 is 0. The number of nitrogens with one attached hydrogen (secondary N) is 1. The van der Waals surface area contributed by atoms with Gasteiger partial charge in [0.15, 0.2) is 0 Å². The molecular weight excluding hydrogens is 376 g/mol. The predicted molar refractivity (Wildman–Crippen MR) is 121 cm³/mol. The van der Waals surface area contributed by atoms with Crippen LogP contribution in [0.15, 0.2) is 71.4 Å². The van der Waals surface area contributed by atoms with Crippen LogP contribution in [0.1, 0.15) is 47.6 Å². The molecule has 0 bridgehead atoms. The Balaban J connectivity index is 1.42. The minimum absolute atomic E-state index is 0.000312. The van der Waals surface area contributed by atoms with Gasteiger partial charge in [0, 0.05) is 12.1 Å². The van der Waals surface area contributed by atoms with Gasteiger partial charge in [-0.15, -0.1) is 0 Å². The lowest BCUT2D eigenvalue weighted by atomic mass is 10.0. The molecule has 0 radical (unpaired) electrons. The lowest BCUT2D eigenvalue weighted by Gasteiger charge is -2.30. The van der Waals surface area contributed by atoms with E-state index in [1.165, 1.54) is 31.2 Å². The lowest BCUT2D eigenvalue weighted by molar-refractivity contribution is 0.0933. The maximum atomic E-state index is 12.8. The Morgan fingerprint density at radius 3 is 2.24 bits per heavy atom. The van der Waals surface area contributed by atoms with Crippen LogP contribution < -0.4 is 5.32 Å². The Hall–Kier alpha value is -2.43. The number of hydrogen-bond donors (Lipinski definition) is 1. The van der Waals surface area contributed by atoms with E-state index in [1.807, 2.05) is 42.5 Å². The van der Waals surface area contributed by atoms with Crippen LogP contribution in [-0.2, 0) is 0 Å². The van der Waals surface area contributed by atoms with Gasteiger partial charge >= 0.3 is 0 Å². The molecule has 2 aromatic carbocycles. The second kappa shape index (κ2) is 9.86. The van der Waals surface area contributed by atoms with Crippen LogP contribution in [0.4, 0.5) is 0 Å². The summed E-state index contributed by atoms with van der Waals surface area (Å²) in [5.74, 6) is -0.000312. The molecule has 29 heavy (non-hydrogen) atoms. The minimum Gasteiger partial charge on any atom is -0.350 e. The van der Waals surface area contributed by atoms with Crippen molar-refractivity contribution >= 4 is 17.2 Å². The molecule has 2 heterocycles. The van der Waals surface area contributed by atoms with Crippen molar-refractivity contribution < 1.29 is 4.79 Å². The zero-order valence-electron chi connectivity index (χ0n) is 16.7. The van der Waals surface area contributed by atoms with Crippen LogP contribution in [-0.4, -0.2) is 30.4 Å². The van der Waals surface area contributed by atoms with Crippen molar-refractivity contribution in [3.63, 3.8) is 0 Å². The molecule has 0 aliphatic carbocycles. The van der Waals surface area contributed by atoms with Crippen molar-refractivity contribution in [2.24, 2.45) is 0 Å². The van der Waals surface area contributed by atoms with Gasteiger partial charge in [-0.05, 0) is 71.6 Å². The van der Waals surface area contributed by atoms with Crippen LogP contribution in [0.3, 0.4) is 0 Å². The topological polar surface area (TPSA) is 32.3 Å². The number of rotatable bonds is 6. The van der Waals surface area contributed by atoms with Crippen molar-refractivity contribution in [2.75, 3.05) is 19.6 Å². The number of carbonyl (C=O) groups excluding carboxylic acids is 1. The number of hydrogen-bond acceptors (Lipinski definition) is 3. The smallest absolute Gasteiger partial charge is 0.251 e. The van der Waals surface area contributed by atoms with Crippen LogP contribution in [0.5, 0.6) is 0 Å². The monoisotopic (exact) mass is 404 g/mol. The van der Waals surface area contributed by atoms with Gasteiger partial charge < -0.3 is 5.32 Å². The van der Waals surface area contributed by atoms with E-state index in [9.17, 15) is 4.79 Å². The highest BCUT2D eigenvalue weighted by molar-refractivity contribution is 7.08. The number of nitrogens with zero attached hydrogens (tertiary/aromatic N) is 1. The first-order chi connectivity index (χ1) is 14.3. The highest BCUT2D eigenvalue weighted by Gasteiger charge is 2.22. The SMILES string of the molecule is O=C(NCC(c1ccsc1)N1CCCCCC1)c1ccc(-c2ccccc2)cc1. The molecule has 3 nitrogen and oxygen atoms in total. The van der Waals surface area contributed by atoms with E-state index >= 15 is 0 Å². The molecule has 150 valence electrons. The van der Waals surface area contributed by atoms with Crippen LogP contribution >= 0.6 is 11.3 Å². The number of benzene rings is 2. The first kappa shape index (κ1) is 19.9. The summed E-state index contributed by atoms with van der Waals surface area (Å²) >= 11 is 1.73. The Morgan fingerprint density at radius 1 is 0.897 bits per heavy atom. The van der Waals surface area contributed by atoms with Gasteiger partial charge in [0.05, 0.1) is 6.04 Å². The van der Waals surface area contributed by atoms with Crippen LogP contribution in [0, 0.1) is 0 Å². The molecule has 1 fully saturated rings. The Morgan fingerprint density at radius 2 is 1.59 bits per heavy atom. The van der Waals surface area contributed by atoms with Gasteiger partial charge in [0.1, 0.15) is 0 Å². The quantitative estimate of drug-likeness (QED) is 0.566. The molecule has 0 spiro atoms. The zero-order valence-corrected chi connectivity index (χ0v) is 17.5. The molecular formula is C25H28N2OS. The van der Waals surface area contributed by atoms with Crippen LogP contribution in [0.2, 0.25) is 0 Å². The summed E-state index contributed by atoms with van der Waals surface area (Å²) in [6.45, 7) is 2.88. The summed E-state index contributed by atoms with van der Waals surface area (Å²) in [7, 11) is 0. The molecule has 0 saturated carbocycles. The maximum absolute atomic E-state index is 12.8. The average molecular weight is 405 g/mol. The normalized spacial score (nSPS) is 16.1. The lowest BCUT2D eigenvalue weighted by Crippen LogP contribution is -2.38. The van der Waals surface area contributed by atoms with E-state index < -0.39 is 0 Å². The van der Waals surface area contributed by atoms with Crippen molar-refractivity contribution in [3.8, 4) is 11.1 Å². The third-order valence-electron chi connectivity index (χ3n) is 5.72. The third-order valence-corrected chi connectivity index (χ3v) is 6.42. The van der Waals surface area contributed by atoms with E-state index in [2.05, 4.69) is 39.2 Å². The first-order valence-corrected chi connectivity index (χ1v) is 11.5. The van der Waals surface area contributed by atoms with Gasteiger partial charge in [0.2, 0.25) is 0 Å². The summed E-state index contributed by atoms with van der Waals surface area (Å²) in [6.07, 6.45) is 5.12. The Kier molecular flexibility index (Phi) is 6.75. The van der Waals surface area contributed by atoms with E-state index in [-0.39, 0.29) is 11.9 Å². The predicted octanol–water partition coefficient (Wildman–Crippen LogP) is 5.76. The summed E-state index contributed by atoms with van der Waals surface area (Å²) in [5, 5.41) is 7.54. The van der Waals surface area contributed by atoms with Crippen LogP contribution in [0.25, 0.3) is 11.1 Å². The molecule has 1 aromatic heterocycles. The first-order valence-electron chi connectivity index (χ1n) is 10.5. The van der Waals surface area contributed by atoms with E-state index in [1.54, 1.807) is 11.3 Å². The van der Waals surface area contributed by atoms with E-state index in [4.69, 9.17) is 0 Å². The molecule has 1 saturated heterocycles. The molecule has 4 rings (SSSR count). The van der Waals surface area contributed by atoms with Gasteiger partial charge in [-0.2, -0.15) is 11.3 Å². The highest BCUT2D eigenvalue weighted by atomic mass is 32.1. The van der Waals surface area contributed by atoms with Crippen molar-refractivity contribution in [1.82, 2.24) is 10.2 Å². The minimum atomic E-state index is -0.000312. The summed E-state index contributed by atoms with van der Waals surface area (Å²) in [4.78, 5) is 15.3. The fourth-order valence-electron chi connectivity index (χ4n) is 4.07. The highest BCUT2D eigenvalue weighted by Crippen LogP contribution is 2.26. The largest absolute Gasteiger partial charge is 0.350 e. The second-order valence-electron chi connectivity index (χ2n) is 7.68. The summed E-state index contributed by atoms with van der Waals surface area (Å²) in [6, 6.07) is 20.6. The van der Waals surface area contributed by atoms with Gasteiger partial charge in [-0.25, -0.2) is 0 Å². The summed E-state index contributed by atoms with van der Waals surface area (Å²) in [5.41, 5.74) is 4.32. The molecule has 1 atom stereocenters. The van der Waals surface area contributed by atoms with E-state index in [0.717, 1.165) is 24.2 Å². The molecule has 1 aliphatic rings. The number of carbonyl (C=O) groups is 1. The number of thiophene rings is 1. The molecule has 3 aromatic rings. The number of amides is 1. The molecule has 1 amide bonds. The zero-order chi connectivity index (χ0) is 19.9. The second-order valence-corrected chi connectivity index (χ2v) is 8.46. The average Bonchev–Trinajstić information content (AvgIpc) is 3.17. The molecule has 1 aliphatic heterocycles. The number of likely N-dealkylation sites (tertiary alicyclic amines) is 1. The van der Waals surface area contributed by atoms with Crippen molar-refractivity contribution in [2.45, 2.75) is 31.7 Å². The van der Waals surface area contributed by atoms with Crippen molar-refractivity contribution in [3.05, 3.63) is 82.6 Å². The Bertz CT molecular complexity index is 882. The fraction of sp³-hybridized carbons (Fsp3) is 0.320. The van der Waals surface area contributed by atoms with E-state index in [0.29, 0.717) is 12.1 Å². The maximum Gasteiger partial charge on any atom is 0.251 e. The Labute approximate surface area is 177 Å². The molecule has 4 heteroatoms. The van der Waals surface area contributed by atoms with Crippen molar-refractivity contribution in [1.29, 1.82) is 0 Å². The molecule has 1 N–H and O–H groups in total. The fourth-order valence-corrected chi connectivity index (χ4v) is 4.77. The van der Waals surface area contributed by atoms with Gasteiger partial charge in [-0.1, -0.05) is 55.3 Å².